The van der Waals surface area contributed by atoms with E-state index in [0.717, 1.165) is 0 Å². The Bertz CT molecular complexity index is 375. The summed E-state index contributed by atoms with van der Waals surface area (Å²) in [5, 5.41) is 15.4. The molecule has 1 rings (SSSR count). The number of nitrogens with two attached hydrogens (primary N) is 1. The van der Waals surface area contributed by atoms with Crippen molar-refractivity contribution in [3.05, 3.63) is 23.9 Å². The van der Waals surface area contributed by atoms with Gasteiger partial charge in [-0.3, -0.25) is 5.41 Å². The van der Waals surface area contributed by atoms with E-state index in [1.807, 2.05) is 31.7 Å². The van der Waals surface area contributed by atoms with Crippen LogP contribution in [-0.4, -0.2) is 41.7 Å². The van der Waals surface area contributed by atoms with Crippen LogP contribution in [0.25, 0.3) is 0 Å². The van der Waals surface area contributed by atoms with Crippen molar-refractivity contribution in [3.8, 4) is 0 Å². The maximum atomic E-state index is 8.02. The molecule has 4 N–H and O–H groups in total. The molecule has 0 aromatic carbocycles. The van der Waals surface area contributed by atoms with E-state index in [2.05, 4.69) is 0 Å². The number of nitrogens with one attached hydrogen (secondary N) is 2. The molecule has 3 unspecified atom stereocenters. The lowest BCUT2D eigenvalue weighted by atomic mass is 10.00. The largest absolute Gasteiger partial charge is 0.404 e. The van der Waals surface area contributed by atoms with Gasteiger partial charge in [0.2, 0.25) is 0 Å². The second kappa shape index (κ2) is 6.35. The number of rotatable bonds is 3. The monoisotopic (exact) mass is 250 g/mol. The Morgan fingerprint density at radius 1 is 1.44 bits per heavy atom. The average molecular weight is 250 g/mol. The molecule has 1 fully saturated rings. The van der Waals surface area contributed by atoms with Crippen LogP contribution >= 0.6 is 0 Å². The number of hydrogen-bond acceptors (Lipinski definition) is 4. The van der Waals surface area contributed by atoms with Gasteiger partial charge in [0.05, 0.1) is 12.1 Å². The van der Waals surface area contributed by atoms with Gasteiger partial charge >= 0.3 is 0 Å². The normalized spacial score (nSPS) is 29.6. The van der Waals surface area contributed by atoms with Crippen LogP contribution in [0.5, 0.6) is 0 Å². The fraction of sp³-hybridized carbons (Fsp3) is 0.538. The molecule has 5 nitrogen and oxygen atoms in total. The highest BCUT2D eigenvalue weighted by Crippen LogP contribution is 2.23. The lowest BCUT2D eigenvalue weighted by Gasteiger charge is -2.43. The van der Waals surface area contributed by atoms with Gasteiger partial charge in [-0.2, -0.15) is 0 Å². The molecule has 1 aliphatic rings. The molecule has 0 spiro atoms. The topological polar surface area (TPSA) is 86.2 Å². The minimum Gasteiger partial charge on any atom is -0.404 e. The standard InChI is InChI=1S/C13H22N4O/c1-4-5-12(16)17-8-9(2)18-13(10(17)3)11(6-14)7-15/h4-7,9-10,13-14,16H,8,15H2,1-3H3/b5-4-,11-7+,14-6?,16-12?. The van der Waals surface area contributed by atoms with E-state index in [1.54, 1.807) is 6.08 Å². The quantitative estimate of drug-likeness (QED) is 0.524. The minimum atomic E-state index is -0.262. The molecule has 18 heavy (non-hydrogen) atoms. The SMILES string of the molecule is C/C=C\C(=N)N1CC(C)OC(/C(C=N)=C/N)C1C. The van der Waals surface area contributed by atoms with Gasteiger partial charge < -0.3 is 20.8 Å². The highest BCUT2D eigenvalue weighted by Gasteiger charge is 2.34. The van der Waals surface area contributed by atoms with Gasteiger partial charge in [0.15, 0.2) is 0 Å². The molecule has 3 atom stereocenters. The summed E-state index contributed by atoms with van der Waals surface area (Å²) in [6, 6.07) is -0.0127. The van der Waals surface area contributed by atoms with Crippen LogP contribution in [0.1, 0.15) is 20.8 Å². The first kappa shape index (κ1) is 14.4. The van der Waals surface area contributed by atoms with Crippen molar-refractivity contribution in [1.29, 1.82) is 10.8 Å². The fourth-order valence-electron chi connectivity index (χ4n) is 2.17. The Hall–Kier alpha value is -1.62. The van der Waals surface area contributed by atoms with Gasteiger partial charge in [-0.1, -0.05) is 6.08 Å². The molecule has 0 saturated carbocycles. The van der Waals surface area contributed by atoms with Gasteiger partial charge in [-0.05, 0) is 26.8 Å². The number of ether oxygens (including phenoxy) is 1. The van der Waals surface area contributed by atoms with Crippen LogP contribution < -0.4 is 5.73 Å². The Morgan fingerprint density at radius 2 is 2.11 bits per heavy atom. The maximum Gasteiger partial charge on any atom is 0.120 e. The van der Waals surface area contributed by atoms with Crippen molar-refractivity contribution < 1.29 is 4.74 Å². The van der Waals surface area contributed by atoms with Crippen molar-refractivity contribution in [2.75, 3.05) is 6.54 Å². The molecule has 0 aromatic heterocycles. The highest BCUT2D eigenvalue weighted by atomic mass is 16.5. The third kappa shape index (κ3) is 2.98. The smallest absolute Gasteiger partial charge is 0.120 e. The zero-order chi connectivity index (χ0) is 13.7. The predicted octanol–water partition coefficient (Wildman–Crippen LogP) is 1.51. The molecular formula is C13H22N4O. The molecule has 0 aromatic rings. The first-order chi connectivity index (χ1) is 8.54. The molecule has 1 heterocycles. The lowest BCUT2D eigenvalue weighted by Crippen LogP contribution is -2.55. The highest BCUT2D eigenvalue weighted by molar-refractivity contribution is 5.90. The summed E-state index contributed by atoms with van der Waals surface area (Å²) in [7, 11) is 0. The van der Waals surface area contributed by atoms with E-state index in [0.29, 0.717) is 18.0 Å². The summed E-state index contributed by atoms with van der Waals surface area (Å²) in [6.07, 6.45) is 5.98. The number of nitrogens with zero attached hydrogens (tertiary/aromatic N) is 1. The van der Waals surface area contributed by atoms with Crippen LogP contribution in [0.4, 0.5) is 0 Å². The molecule has 1 aliphatic heterocycles. The van der Waals surface area contributed by atoms with Crippen LogP contribution in [0.3, 0.4) is 0 Å². The van der Waals surface area contributed by atoms with Crippen molar-refractivity contribution in [2.24, 2.45) is 5.73 Å². The van der Waals surface area contributed by atoms with Gasteiger partial charge in [0, 0.05) is 24.5 Å². The van der Waals surface area contributed by atoms with E-state index in [9.17, 15) is 0 Å². The van der Waals surface area contributed by atoms with E-state index >= 15 is 0 Å². The number of morpholine rings is 1. The van der Waals surface area contributed by atoms with Crippen molar-refractivity contribution in [1.82, 2.24) is 4.90 Å². The molecule has 0 radical (unpaired) electrons. The minimum absolute atomic E-state index is 0.00621. The van der Waals surface area contributed by atoms with E-state index in [4.69, 9.17) is 21.3 Å². The van der Waals surface area contributed by atoms with Crippen LogP contribution in [-0.2, 0) is 4.74 Å². The Morgan fingerprint density at radius 3 is 2.61 bits per heavy atom. The van der Waals surface area contributed by atoms with Gasteiger partial charge in [0.25, 0.3) is 0 Å². The Labute approximate surface area is 108 Å². The average Bonchev–Trinajstić information content (AvgIpc) is 2.34. The van der Waals surface area contributed by atoms with E-state index in [-0.39, 0.29) is 18.2 Å². The van der Waals surface area contributed by atoms with Gasteiger partial charge in [-0.25, -0.2) is 0 Å². The van der Waals surface area contributed by atoms with Crippen molar-refractivity contribution in [2.45, 2.75) is 39.0 Å². The Kier molecular flexibility index (Phi) is 5.09. The summed E-state index contributed by atoms with van der Waals surface area (Å²) in [5.41, 5.74) is 6.17. The number of amidine groups is 1. The zero-order valence-corrected chi connectivity index (χ0v) is 11.2. The van der Waals surface area contributed by atoms with Crippen LogP contribution in [0, 0.1) is 10.8 Å². The lowest BCUT2D eigenvalue weighted by molar-refractivity contribution is -0.0651. The molecule has 1 saturated heterocycles. The maximum absolute atomic E-state index is 8.02. The van der Waals surface area contributed by atoms with Gasteiger partial charge in [-0.15, -0.1) is 0 Å². The second-order valence-corrected chi connectivity index (χ2v) is 4.46. The van der Waals surface area contributed by atoms with E-state index < -0.39 is 0 Å². The third-order valence-corrected chi connectivity index (χ3v) is 3.08. The summed E-state index contributed by atoms with van der Waals surface area (Å²) >= 11 is 0. The van der Waals surface area contributed by atoms with Gasteiger partial charge in [0.1, 0.15) is 11.9 Å². The van der Waals surface area contributed by atoms with Crippen molar-refractivity contribution >= 4 is 12.1 Å². The molecule has 100 valence electrons. The summed E-state index contributed by atoms with van der Waals surface area (Å²) in [5.74, 6) is 0.464. The first-order valence-corrected chi connectivity index (χ1v) is 6.10. The van der Waals surface area contributed by atoms with E-state index in [1.165, 1.54) is 12.4 Å². The molecule has 0 aliphatic carbocycles. The van der Waals surface area contributed by atoms with Crippen LogP contribution in [0.2, 0.25) is 0 Å². The molecule has 0 amide bonds. The fourth-order valence-corrected chi connectivity index (χ4v) is 2.17. The first-order valence-electron chi connectivity index (χ1n) is 6.10. The number of hydrogen-bond donors (Lipinski definition) is 3. The summed E-state index contributed by atoms with van der Waals surface area (Å²) in [4.78, 5) is 1.98. The molecular weight excluding hydrogens is 228 g/mol. The zero-order valence-electron chi connectivity index (χ0n) is 11.2. The molecule has 5 heteroatoms. The Balaban J connectivity index is 2.95. The third-order valence-electron chi connectivity index (χ3n) is 3.08. The summed E-state index contributed by atoms with van der Waals surface area (Å²) < 4.78 is 5.84. The number of allylic oxidation sites excluding steroid dienone is 1. The summed E-state index contributed by atoms with van der Waals surface area (Å²) in [6.45, 7) is 6.52. The van der Waals surface area contributed by atoms with Crippen LogP contribution in [0.15, 0.2) is 23.9 Å². The van der Waals surface area contributed by atoms with Crippen molar-refractivity contribution in [3.63, 3.8) is 0 Å². The molecule has 0 bridgehead atoms. The predicted molar refractivity (Wildman–Crippen MR) is 74.1 cm³/mol. The second-order valence-electron chi connectivity index (χ2n) is 4.46.